The quantitative estimate of drug-likeness (QED) is 0.854. The Morgan fingerprint density at radius 3 is 3.21 bits per heavy atom. The second-order valence-corrected chi connectivity index (χ2v) is 5.95. The molecule has 1 aliphatic heterocycles. The number of morpholine rings is 1. The summed E-state index contributed by atoms with van der Waals surface area (Å²) in [4.78, 5) is 16.8. The number of nitrogens with zero attached hydrogens (tertiary/aromatic N) is 2. The van der Waals surface area contributed by atoms with Crippen LogP contribution in [-0.2, 0) is 16.1 Å². The van der Waals surface area contributed by atoms with E-state index < -0.39 is 0 Å². The zero-order chi connectivity index (χ0) is 16.8. The molecule has 6 heteroatoms. The molecule has 1 aromatic carbocycles. The largest absolute Gasteiger partial charge is 0.378 e. The second-order valence-electron chi connectivity index (χ2n) is 5.95. The number of aromatic nitrogens is 2. The lowest BCUT2D eigenvalue weighted by atomic mass is 10.1. The molecule has 0 spiro atoms. The summed E-state index contributed by atoms with van der Waals surface area (Å²) in [6, 6.07) is 7.52. The van der Waals surface area contributed by atoms with Gasteiger partial charge in [-0.25, -0.2) is 4.98 Å². The van der Waals surface area contributed by atoms with Crippen molar-refractivity contribution in [3.8, 4) is 11.4 Å². The molecule has 128 valence electrons. The average Bonchev–Trinajstić information content (AvgIpc) is 3.09. The Morgan fingerprint density at radius 2 is 2.42 bits per heavy atom. The molecular formula is C18H24N4O2. The van der Waals surface area contributed by atoms with E-state index in [-0.39, 0.29) is 11.9 Å². The van der Waals surface area contributed by atoms with Gasteiger partial charge in [0.25, 0.3) is 0 Å². The molecule has 6 nitrogen and oxygen atoms in total. The number of anilines is 1. The number of carbonyl (C=O) groups excluding carboxylic acids is 1. The summed E-state index contributed by atoms with van der Waals surface area (Å²) < 4.78 is 7.49. The van der Waals surface area contributed by atoms with Crippen LogP contribution in [0.4, 0.5) is 5.69 Å². The van der Waals surface area contributed by atoms with E-state index >= 15 is 0 Å². The van der Waals surface area contributed by atoms with Crippen LogP contribution in [0.3, 0.4) is 0 Å². The van der Waals surface area contributed by atoms with Crippen LogP contribution in [0.2, 0.25) is 0 Å². The minimum Gasteiger partial charge on any atom is -0.378 e. The number of nitrogens with one attached hydrogen (secondary N) is 2. The van der Waals surface area contributed by atoms with E-state index in [1.807, 2.05) is 36.7 Å². The predicted octanol–water partition coefficient (Wildman–Crippen LogP) is 2.28. The minimum absolute atomic E-state index is 0.0684. The van der Waals surface area contributed by atoms with Crippen molar-refractivity contribution in [2.75, 3.05) is 25.1 Å². The highest BCUT2D eigenvalue weighted by atomic mass is 16.5. The van der Waals surface area contributed by atoms with Crippen molar-refractivity contribution in [2.45, 2.75) is 32.4 Å². The van der Waals surface area contributed by atoms with Gasteiger partial charge in [-0.15, -0.1) is 0 Å². The molecule has 1 saturated heterocycles. The molecule has 1 amide bonds. The van der Waals surface area contributed by atoms with Gasteiger partial charge in [0.05, 0.1) is 13.2 Å². The van der Waals surface area contributed by atoms with Crippen molar-refractivity contribution >= 4 is 11.6 Å². The van der Waals surface area contributed by atoms with Crippen molar-refractivity contribution in [2.24, 2.45) is 0 Å². The Bertz CT molecular complexity index is 677. The van der Waals surface area contributed by atoms with Crippen LogP contribution in [0.25, 0.3) is 11.4 Å². The normalized spacial score (nSPS) is 17.6. The van der Waals surface area contributed by atoms with Gasteiger partial charge in [0, 0.05) is 36.7 Å². The van der Waals surface area contributed by atoms with E-state index in [1.54, 1.807) is 0 Å². The maximum absolute atomic E-state index is 12.3. The van der Waals surface area contributed by atoms with Crippen LogP contribution in [-0.4, -0.2) is 41.3 Å². The van der Waals surface area contributed by atoms with Gasteiger partial charge < -0.3 is 19.9 Å². The maximum Gasteiger partial charge on any atom is 0.243 e. The monoisotopic (exact) mass is 328 g/mol. The Kier molecular flexibility index (Phi) is 5.61. The summed E-state index contributed by atoms with van der Waals surface area (Å²) in [5, 5.41) is 6.12. The second kappa shape index (κ2) is 8.08. The number of aryl methyl sites for hydroxylation is 1. The third kappa shape index (κ3) is 4.01. The molecule has 2 aromatic rings. The number of hydrogen-bond donors (Lipinski definition) is 2. The number of hydrogen-bond acceptors (Lipinski definition) is 4. The van der Waals surface area contributed by atoms with E-state index in [0.29, 0.717) is 19.8 Å². The smallest absolute Gasteiger partial charge is 0.243 e. The van der Waals surface area contributed by atoms with Gasteiger partial charge in [-0.3, -0.25) is 4.79 Å². The first-order chi connectivity index (χ1) is 11.8. The van der Waals surface area contributed by atoms with Gasteiger partial charge in [-0.05, 0) is 18.6 Å². The SMILES string of the molecule is CCCCn1ccnc1-c1cccc(NC(=O)C2COCCN2)c1. The Labute approximate surface area is 142 Å². The molecule has 0 bridgehead atoms. The topological polar surface area (TPSA) is 68.2 Å². The highest BCUT2D eigenvalue weighted by Gasteiger charge is 2.21. The third-order valence-corrected chi connectivity index (χ3v) is 4.09. The van der Waals surface area contributed by atoms with Crippen LogP contribution in [0.15, 0.2) is 36.7 Å². The number of imidazole rings is 1. The highest BCUT2D eigenvalue weighted by Crippen LogP contribution is 2.22. The standard InChI is InChI=1S/C18H24N4O2/c1-2-3-9-22-10-7-20-17(22)14-5-4-6-15(12-14)21-18(23)16-13-24-11-8-19-16/h4-7,10,12,16,19H,2-3,8-9,11,13H2,1H3,(H,21,23). The molecule has 0 radical (unpaired) electrons. The summed E-state index contributed by atoms with van der Waals surface area (Å²) in [7, 11) is 0. The van der Waals surface area contributed by atoms with Crippen molar-refractivity contribution < 1.29 is 9.53 Å². The molecule has 0 aliphatic carbocycles. The number of benzene rings is 1. The molecular weight excluding hydrogens is 304 g/mol. The first-order valence-corrected chi connectivity index (χ1v) is 8.51. The number of unbranched alkanes of at least 4 members (excludes halogenated alkanes) is 1. The summed E-state index contributed by atoms with van der Waals surface area (Å²) in [6.07, 6.45) is 6.08. The predicted molar refractivity (Wildman–Crippen MR) is 93.8 cm³/mol. The van der Waals surface area contributed by atoms with Crippen LogP contribution in [0.1, 0.15) is 19.8 Å². The molecule has 1 atom stereocenters. The van der Waals surface area contributed by atoms with Crippen LogP contribution >= 0.6 is 0 Å². The van der Waals surface area contributed by atoms with E-state index in [2.05, 4.69) is 27.1 Å². The van der Waals surface area contributed by atoms with E-state index in [9.17, 15) is 4.79 Å². The summed E-state index contributed by atoms with van der Waals surface area (Å²) in [6.45, 7) is 4.89. The van der Waals surface area contributed by atoms with Gasteiger partial charge in [-0.2, -0.15) is 0 Å². The lowest BCUT2D eigenvalue weighted by Crippen LogP contribution is -2.48. The van der Waals surface area contributed by atoms with Gasteiger partial charge in [0.15, 0.2) is 0 Å². The highest BCUT2D eigenvalue weighted by molar-refractivity contribution is 5.95. The number of amides is 1. The Hall–Kier alpha value is -2.18. The maximum atomic E-state index is 12.3. The van der Waals surface area contributed by atoms with Crippen LogP contribution in [0.5, 0.6) is 0 Å². The molecule has 1 fully saturated rings. The number of rotatable bonds is 6. The third-order valence-electron chi connectivity index (χ3n) is 4.09. The molecule has 1 aliphatic rings. The average molecular weight is 328 g/mol. The molecule has 2 heterocycles. The molecule has 1 unspecified atom stereocenters. The van der Waals surface area contributed by atoms with Crippen LogP contribution in [0, 0.1) is 0 Å². The first kappa shape index (κ1) is 16.7. The number of carbonyl (C=O) groups is 1. The van der Waals surface area contributed by atoms with Gasteiger partial charge >= 0.3 is 0 Å². The summed E-state index contributed by atoms with van der Waals surface area (Å²) in [5.74, 6) is 0.861. The molecule has 24 heavy (non-hydrogen) atoms. The van der Waals surface area contributed by atoms with Crippen molar-refractivity contribution in [1.82, 2.24) is 14.9 Å². The fourth-order valence-corrected chi connectivity index (χ4v) is 2.78. The Morgan fingerprint density at radius 1 is 1.50 bits per heavy atom. The molecule has 0 saturated carbocycles. The lowest BCUT2D eigenvalue weighted by molar-refractivity contribution is -0.120. The fourth-order valence-electron chi connectivity index (χ4n) is 2.78. The van der Waals surface area contributed by atoms with E-state index in [1.165, 1.54) is 0 Å². The van der Waals surface area contributed by atoms with Gasteiger partial charge in [0.1, 0.15) is 11.9 Å². The zero-order valence-corrected chi connectivity index (χ0v) is 14.0. The van der Waals surface area contributed by atoms with E-state index in [4.69, 9.17) is 4.74 Å². The van der Waals surface area contributed by atoms with Crippen molar-refractivity contribution in [3.63, 3.8) is 0 Å². The van der Waals surface area contributed by atoms with E-state index in [0.717, 1.165) is 36.5 Å². The first-order valence-electron chi connectivity index (χ1n) is 8.51. The van der Waals surface area contributed by atoms with Crippen LogP contribution < -0.4 is 10.6 Å². The molecule has 1 aromatic heterocycles. The van der Waals surface area contributed by atoms with Gasteiger partial charge in [0.2, 0.25) is 5.91 Å². The summed E-state index contributed by atoms with van der Waals surface area (Å²) >= 11 is 0. The Balaban J connectivity index is 1.72. The molecule has 2 N–H and O–H groups in total. The van der Waals surface area contributed by atoms with Gasteiger partial charge in [-0.1, -0.05) is 25.5 Å². The number of ether oxygens (including phenoxy) is 1. The lowest BCUT2D eigenvalue weighted by Gasteiger charge is -2.23. The minimum atomic E-state index is -0.297. The van der Waals surface area contributed by atoms with Crippen molar-refractivity contribution in [3.05, 3.63) is 36.7 Å². The fraction of sp³-hybridized carbons (Fsp3) is 0.444. The molecule has 3 rings (SSSR count). The van der Waals surface area contributed by atoms with Crippen molar-refractivity contribution in [1.29, 1.82) is 0 Å². The zero-order valence-electron chi connectivity index (χ0n) is 14.0. The summed E-state index contributed by atoms with van der Waals surface area (Å²) in [5.41, 5.74) is 1.77.